The highest BCUT2D eigenvalue weighted by Crippen LogP contribution is 2.31. The van der Waals surface area contributed by atoms with Crippen molar-refractivity contribution >= 4 is 0 Å². The van der Waals surface area contributed by atoms with Gasteiger partial charge in [0.25, 0.3) is 0 Å². The van der Waals surface area contributed by atoms with E-state index in [4.69, 9.17) is 11.5 Å². The summed E-state index contributed by atoms with van der Waals surface area (Å²) in [5, 5.41) is 0. The van der Waals surface area contributed by atoms with Gasteiger partial charge in [-0.1, -0.05) is 44.0 Å². The molecule has 0 aliphatic rings. The van der Waals surface area contributed by atoms with E-state index in [9.17, 15) is 8.78 Å². The Labute approximate surface area is 136 Å². The average Bonchev–Trinajstić information content (AvgIpc) is 2.55. The van der Waals surface area contributed by atoms with Crippen molar-refractivity contribution in [3.8, 4) is 0 Å². The van der Waals surface area contributed by atoms with Crippen molar-refractivity contribution < 1.29 is 8.78 Å². The van der Waals surface area contributed by atoms with Gasteiger partial charge in [-0.3, -0.25) is 0 Å². The summed E-state index contributed by atoms with van der Waals surface area (Å²) in [4.78, 5) is 0. The molecule has 124 valence electrons. The molecule has 4 N–H and O–H groups in total. The topological polar surface area (TPSA) is 52.0 Å². The molecular weight excluding hydrogens is 294 g/mol. The van der Waals surface area contributed by atoms with E-state index in [0.29, 0.717) is 11.1 Å². The van der Waals surface area contributed by atoms with Gasteiger partial charge in [0, 0.05) is 30.1 Å². The van der Waals surface area contributed by atoms with Gasteiger partial charge in [0.05, 0.1) is 0 Å². The van der Waals surface area contributed by atoms with Crippen LogP contribution in [0.1, 0.15) is 54.4 Å². The molecule has 0 radical (unpaired) electrons. The number of hydrogen-bond acceptors (Lipinski definition) is 2. The predicted octanol–water partition coefficient (Wildman–Crippen LogP) is 4.20. The van der Waals surface area contributed by atoms with Crippen LogP contribution in [-0.4, -0.2) is 0 Å². The highest BCUT2D eigenvalue weighted by molar-refractivity contribution is 5.36. The summed E-state index contributed by atoms with van der Waals surface area (Å²) < 4.78 is 28.2. The van der Waals surface area contributed by atoms with E-state index in [-0.39, 0.29) is 30.6 Å². The van der Waals surface area contributed by atoms with Gasteiger partial charge in [0.1, 0.15) is 11.6 Å². The molecule has 0 aliphatic carbocycles. The van der Waals surface area contributed by atoms with E-state index in [1.165, 1.54) is 12.1 Å². The minimum Gasteiger partial charge on any atom is -0.326 e. The molecule has 0 fully saturated rings. The van der Waals surface area contributed by atoms with Crippen molar-refractivity contribution in [1.29, 1.82) is 0 Å². The lowest BCUT2D eigenvalue weighted by molar-refractivity contribution is 0.591. The minimum absolute atomic E-state index is 0.0300. The highest BCUT2D eigenvalue weighted by atomic mass is 19.1. The van der Waals surface area contributed by atoms with Crippen molar-refractivity contribution in [3.05, 3.63) is 70.3 Å². The fourth-order valence-electron chi connectivity index (χ4n) is 2.83. The molecule has 2 rings (SSSR count). The van der Waals surface area contributed by atoms with Crippen LogP contribution in [0.5, 0.6) is 0 Å². The van der Waals surface area contributed by atoms with Crippen LogP contribution in [-0.2, 0) is 13.1 Å². The second kappa shape index (κ2) is 8.18. The summed E-state index contributed by atoms with van der Waals surface area (Å²) in [6, 6.07) is 10.3. The first-order valence-corrected chi connectivity index (χ1v) is 8.07. The van der Waals surface area contributed by atoms with Gasteiger partial charge in [-0.25, -0.2) is 8.78 Å². The van der Waals surface area contributed by atoms with E-state index in [1.54, 1.807) is 12.1 Å². The molecule has 2 aromatic carbocycles. The lowest BCUT2D eigenvalue weighted by Gasteiger charge is -2.19. The maximum Gasteiger partial charge on any atom is 0.127 e. The summed E-state index contributed by atoms with van der Waals surface area (Å²) in [7, 11) is 0. The van der Waals surface area contributed by atoms with E-state index < -0.39 is 0 Å². The van der Waals surface area contributed by atoms with Crippen molar-refractivity contribution in [1.82, 2.24) is 0 Å². The van der Waals surface area contributed by atoms with Gasteiger partial charge in [-0.2, -0.15) is 0 Å². The monoisotopic (exact) mass is 318 g/mol. The molecule has 0 amide bonds. The van der Waals surface area contributed by atoms with Crippen LogP contribution < -0.4 is 11.5 Å². The lowest BCUT2D eigenvalue weighted by Crippen LogP contribution is -2.07. The molecule has 2 nitrogen and oxygen atoms in total. The predicted molar refractivity (Wildman–Crippen MR) is 90.0 cm³/mol. The van der Waals surface area contributed by atoms with Gasteiger partial charge < -0.3 is 11.5 Å². The highest BCUT2D eigenvalue weighted by Gasteiger charge is 2.17. The summed E-state index contributed by atoms with van der Waals surface area (Å²) in [6.07, 6.45) is 2.87. The summed E-state index contributed by atoms with van der Waals surface area (Å²) >= 11 is 0. The standard InChI is InChI=1S/C19H24F2N2/c1-2-3-4-17(13-5-7-15(11-22)18(20)9-13)14-6-8-16(12-23)19(21)10-14/h5-10,17H,2-4,11-12,22-23H2,1H3. The Morgan fingerprint density at radius 2 is 1.35 bits per heavy atom. The first kappa shape index (κ1) is 17.6. The first-order valence-electron chi connectivity index (χ1n) is 8.07. The third-order valence-electron chi connectivity index (χ3n) is 4.25. The normalized spacial score (nSPS) is 11.2. The van der Waals surface area contributed by atoms with Crippen LogP contribution in [0.3, 0.4) is 0 Å². The molecule has 2 aromatic rings. The van der Waals surface area contributed by atoms with Crippen LogP contribution in [0.4, 0.5) is 8.78 Å². The molecule has 4 heteroatoms. The molecule has 0 spiro atoms. The third-order valence-corrected chi connectivity index (χ3v) is 4.25. The Hall–Kier alpha value is -1.78. The fraction of sp³-hybridized carbons (Fsp3) is 0.368. The largest absolute Gasteiger partial charge is 0.326 e. The van der Waals surface area contributed by atoms with Crippen LogP contribution in [0.25, 0.3) is 0 Å². The molecule has 0 saturated carbocycles. The zero-order valence-electron chi connectivity index (χ0n) is 13.5. The number of hydrogen-bond donors (Lipinski definition) is 2. The Morgan fingerprint density at radius 3 is 1.70 bits per heavy atom. The van der Waals surface area contributed by atoms with Crippen LogP contribution in [0.2, 0.25) is 0 Å². The van der Waals surface area contributed by atoms with E-state index >= 15 is 0 Å². The molecule has 0 atom stereocenters. The second-order valence-electron chi connectivity index (χ2n) is 5.80. The van der Waals surface area contributed by atoms with Crippen molar-refractivity contribution in [2.24, 2.45) is 11.5 Å². The van der Waals surface area contributed by atoms with Crippen LogP contribution >= 0.6 is 0 Å². The van der Waals surface area contributed by atoms with Crippen molar-refractivity contribution in [2.75, 3.05) is 0 Å². The smallest absolute Gasteiger partial charge is 0.127 e. The maximum absolute atomic E-state index is 14.1. The zero-order chi connectivity index (χ0) is 16.8. The number of halogens is 2. The molecule has 23 heavy (non-hydrogen) atoms. The number of nitrogens with two attached hydrogens (primary N) is 2. The summed E-state index contributed by atoms with van der Waals surface area (Å²) in [5.74, 6) is -0.631. The third kappa shape index (κ3) is 4.15. The molecule has 0 bridgehead atoms. The molecule has 0 saturated heterocycles. The Morgan fingerprint density at radius 1 is 0.870 bits per heavy atom. The molecule has 0 unspecified atom stereocenters. The number of rotatable bonds is 7. The summed E-state index contributed by atoms with van der Waals surface area (Å²) in [5.41, 5.74) is 13.7. The Balaban J connectivity index is 2.40. The fourth-order valence-corrected chi connectivity index (χ4v) is 2.83. The second-order valence-corrected chi connectivity index (χ2v) is 5.80. The van der Waals surface area contributed by atoms with Gasteiger partial charge in [-0.15, -0.1) is 0 Å². The van der Waals surface area contributed by atoms with Gasteiger partial charge >= 0.3 is 0 Å². The summed E-state index contributed by atoms with van der Waals surface area (Å²) in [6.45, 7) is 2.45. The minimum atomic E-state index is -0.300. The first-order chi connectivity index (χ1) is 11.1. The zero-order valence-corrected chi connectivity index (χ0v) is 13.5. The SMILES string of the molecule is CCCCC(c1ccc(CN)c(F)c1)c1ccc(CN)c(F)c1. The van der Waals surface area contributed by atoms with Gasteiger partial charge in [0.2, 0.25) is 0 Å². The molecule has 0 aliphatic heterocycles. The quantitative estimate of drug-likeness (QED) is 0.803. The van der Waals surface area contributed by atoms with Gasteiger partial charge in [-0.05, 0) is 29.7 Å². The molecular formula is C19H24F2N2. The number of unbranched alkanes of at least 4 members (excludes halogenated alkanes) is 1. The number of benzene rings is 2. The van der Waals surface area contributed by atoms with E-state index in [0.717, 1.165) is 30.4 Å². The van der Waals surface area contributed by atoms with Crippen molar-refractivity contribution in [2.45, 2.75) is 45.2 Å². The van der Waals surface area contributed by atoms with E-state index in [2.05, 4.69) is 6.92 Å². The molecule has 0 heterocycles. The van der Waals surface area contributed by atoms with Crippen LogP contribution in [0.15, 0.2) is 36.4 Å². The van der Waals surface area contributed by atoms with Gasteiger partial charge in [0.15, 0.2) is 0 Å². The average molecular weight is 318 g/mol. The Kier molecular flexibility index (Phi) is 6.25. The Bertz CT molecular complexity index is 602. The molecule has 0 aromatic heterocycles. The lowest BCUT2D eigenvalue weighted by atomic mass is 9.86. The van der Waals surface area contributed by atoms with E-state index in [1.807, 2.05) is 12.1 Å². The maximum atomic E-state index is 14.1. The van der Waals surface area contributed by atoms with Crippen molar-refractivity contribution in [3.63, 3.8) is 0 Å². The van der Waals surface area contributed by atoms with Crippen LogP contribution in [0, 0.1) is 11.6 Å².